The monoisotopic (exact) mass is 328 g/mol. The number of carbonyl (C=O) groups is 2. The van der Waals surface area contributed by atoms with Gasteiger partial charge < -0.3 is 14.6 Å². The van der Waals surface area contributed by atoms with Crippen molar-refractivity contribution < 1.29 is 14.3 Å². The molecule has 0 saturated carbocycles. The van der Waals surface area contributed by atoms with E-state index >= 15 is 0 Å². The lowest BCUT2D eigenvalue weighted by atomic mass is 10.1. The van der Waals surface area contributed by atoms with Crippen molar-refractivity contribution in [1.29, 1.82) is 0 Å². The molecule has 2 aromatic heterocycles. The van der Waals surface area contributed by atoms with E-state index in [0.29, 0.717) is 38.4 Å². The van der Waals surface area contributed by atoms with Gasteiger partial charge in [0.2, 0.25) is 5.91 Å². The van der Waals surface area contributed by atoms with Gasteiger partial charge in [0.05, 0.1) is 31.0 Å². The quantitative estimate of drug-likeness (QED) is 0.829. The predicted octanol–water partition coefficient (Wildman–Crippen LogP) is 1.04. The van der Waals surface area contributed by atoms with Gasteiger partial charge in [-0.3, -0.25) is 14.6 Å². The number of hydrogen-bond acceptors (Lipinski definition) is 5. The summed E-state index contributed by atoms with van der Waals surface area (Å²) in [7, 11) is 0. The molecule has 0 fully saturated rings. The van der Waals surface area contributed by atoms with Gasteiger partial charge in [-0.25, -0.2) is 4.98 Å². The second-order valence-electron chi connectivity index (χ2n) is 5.69. The highest BCUT2D eigenvalue weighted by atomic mass is 16.5. The van der Waals surface area contributed by atoms with Crippen LogP contribution >= 0.6 is 0 Å². The third kappa shape index (κ3) is 3.79. The van der Waals surface area contributed by atoms with Gasteiger partial charge in [-0.05, 0) is 24.6 Å². The minimum absolute atomic E-state index is 0.0772. The topological polar surface area (TPSA) is 88.2 Å². The van der Waals surface area contributed by atoms with Crippen LogP contribution in [-0.4, -0.2) is 44.9 Å². The zero-order valence-electron chi connectivity index (χ0n) is 13.6. The van der Waals surface area contributed by atoms with Crippen LogP contribution in [0.1, 0.15) is 29.7 Å². The lowest BCUT2D eigenvalue weighted by Gasteiger charge is -2.26. The van der Waals surface area contributed by atoms with E-state index in [4.69, 9.17) is 4.74 Å². The van der Waals surface area contributed by atoms with Gasteiger partial charge >= 0.3 is 5.97 Å². The van der Waals surface area contributed by atoms with Crippen molar-refractivity contribution in [2.75, 3.05) is 13.2 Å². The van der Waals surface area contributed by atoms with E-state index in [2.05, 4.69) is 15.0 Å². The van der Waals surface area contributed by atoms with Gasteiger partial charge in [-0.2, -0.15) is 0 Å². The minimum atomic E-state index is -0.297. The fraction of sp³-hybridized carbons (Fsp3) is 0.412. The summed E-state index contributed by atoms with van der Waals surface area (Å²) in [5, 5.41) is 0. The Balaban J connectivity index is 1.62. The molecule has 7 heteroatoms. The van der Waals surface area contributed by atoms with E-state index in [1.54, 1.807) is 19.3 Å². The molecule has 0 bridgehead atoms. The molecule has 1 amide bonds. The number of hydrogen-bond donors (Lipinski definition) is 1. The molecule has 0 aliphatic carbocycles. The van der Waals surface area contributed by atoms with Gasteiger partial charge in [0, 0.05) is 25.4 Å². The Morgan fingerprint density at radius 2 is 2.08 bits per heavy atom. The average Bonchev–Trinajstić information content (AvgIpc) is 2.97. The van der Waals surface area contributed by atoms with Gasteiger partial charge in [0.1, 0.15) is 12.2 Å². The Morgan fingerprint density at radius 3 is 2.83 bits per heavy atom. The van der Waals surface area contributed by atoms with Gasteiger partial charge in [-0.1, -0.05) is 0 Å². The van der Waals surface area contributed by atoms with E-state index < -0.39 is 0 Å². The molecular weight excluding hydrogens is 308 g/mol. The van der Waals surface area contributed by atoms with Crippen molar-refractivity contribution in [3.8, 4) is 0 Å². The Kier molecular flexibility index (Phi) is 4.88. The molecule has 0 radical (unpaired) electrons. The molecule has 3 heterocycles. The SMILES string of the molecule is CCOC(=O)Cc1nc2c([nH]1)CN(C(=O)Cc1ccncc1)CC2. The summed E-state index contributed by atoms with van der Waals surface area (Å²) in [5.41, 5.74) is 2.79. The third-order valence-corrected chi connectivity index (χ3v) is 3.96. The number of rotatable bonds is 5. The van der Waals surface area contributed by atoms with E-state index in [9.17, 15) is 9.59 Å². The highest BCUT2D eigenvalue weighted by Gasteiger charge is 2.24. The highest BCUT2D eigenvalue weighted by molar-refractivity contribution is 5.79. The Morgan fingerprint density at radius 1 is 1.29 bits per heavy atom. The first kappa shape index (κ1) is 16.2. The first-order valence-corrected chi connectivity index (χ1v) is 8.04. The summed E-state index contributed by atoms with van der Waals surface area (Å²) in [6, 6.07) is 3.70. The number of fused-ring (bicyclic) bond motifs is 1. The van der Waals surface area contributed by atoms with E-state index in [0.717, 1.165) is 17.0 Å². The largest absolute Gasteiger partial charge is 0.466 e. The molecule has 1 aliphatic rings. The summed E-state index contributed by atoms with van der Waals surface area (Å²) in [6.07, 6.45) is 4.56. The Hall–Kier alpha value is -2.70. The molecular formula is C17H20N4O3. The van der Waals surface area contributed by atoms with Crippen LogP contribution in [0.25, 0.3) is 0 Å². The molecule has 1 aliphatic heterocycles. The van der Waals surface area contributed by atoms with Crippen LogP contribution < -0.4 is 0 Å². The molecule has 0 saturated heterocycles. The first-order chi connectivity index (χ1) is 11.7. The van der Waals surface area contributed by atoms with Crippen LogP contribution in [0.5, 0.6) is 0 Å². The number of aromatic nitrogens is 3. The van der Waals surface area contributed by atoms with Crippen LogP contribution in [0.15, 0.2) is 24.5 Å². The number of nitrogens with one attached hydrogen (secondary N) is 1. The number of nitrogens with zero attached hydrogens (tertiary/aromatic N) is 3. The van der Waals surface area contributed by atoms with E-state index in [1.807, 2.05) is 17.0 Å². The first-order valence-electron chi connectivity index (χ1n) is 8.04. The van der Waals surface area contributed by atoms with Crippen LogP contribution in [0.4, 0.5) is 0 Å². The van der Waals surface area contributed by atoms with Gasteiger partial charge in [-0.15, -0.1) is 0 Å². The van der Waals surface area contributed by atoms with Gasteiger partial charge in [0.15, 0.2) is 0 Å². The summed E-state index contributed by atoms with van der Waals surface area (Å²) in [6.45, 7) is 3.27. The van der Waals surface area contributed by atoms with Crippen molar-refractivity contribution >= 4 is 11.9 Å². The normalized spacial score (nSPS) is 13.5. The maximum absolute atomic E-state index is 12.4. The molecule has 24 heavy (non-hydrogen) atoms. The molecule has 0 aromatic carbocycles. The Labute approximate surface area is 140 Å². The second kappa shape index (κ2) is 7.25. The number of amides is 1. The molecule has 126 valence electrons. The molecule has 1 N–H and O–H groups in total. The molecule has 7 nitrogen and oxygen atoms in total. The molecule has 0 unspecified atom stereocenters. The lowest BCUT2D eigenvalue weighted by molar-refractivity contribution is -0.142. The second-order valence-corrected chi connectivity index (χ2v) is 5.69. The zero-order chi connectivity index (χ0) is 16.9. The summed E-state index contributed by atoms with van der Waals surface area (Å²) in [4.78, 5) is 37.4. The zero-order valence-corrected chi connectivity index (χ0v) is 13.6. The number of imidazole rings is 1. The third-order valence-electron chi connectivity index (χ3n) is 3.96. The summed E-state index contributed by atoms with van der Waals surface area (Å²) >= 11 is 0. The van der Waals surface area contributed by atoms with E-state index in [1.165, 1.54) is 0 Å². The maximum atomic E-state index is 12.4. The summed E-state index contributed by atoms with van der Waals surface area (Å²) < 4.78 is 4.94. The average molecular weight is 328 g/mol. The van der Waals surface area contributed by atoms with Crippen LogP contribution in [-0.2, 0) is 40.1 Å². The lowest BCUT2D eigenvalue weighted by Crippen LogP contribution is -2.37. The van der Waals surface area contributed by atoms with Crippen LogP contribution in [0.2, 0.25) is 0 Å². The van der Waals surface area contributed by atoms with Crippen molar-refractivity contribution in [3.05, 3.63) is 47.3 Å². The van der Waals surface area contributed by atoms with Crippen molar-refractivity contribution in [2.24, 2.45) is 0 Å². The number of pyridine rings is 1. The number of esters is 1. The summed E-state index contributed by atoms with van der Waals surface area (Å²) in [5.74, 6) is 0.379. The minimum Gasteiger partial charge on any atom is -0.466 e. The predicted molar refractivity (Wildman–Crippen MR) is 86.0 cm³/mol. The fourth-order valence-electron chi connectivity index (χ4n) is 2.79. The van der Waals surface area contributed by atoms with E-state index in [-0.39, 0.29) is 18.3 Å². The number of aromatic amines is 1. The fourth-order valence-corrected chi connectivity index (χ4v) is 2.79. The number of H-pyrrole nitrogens is 1. The van der Waals surface area contributed by atoms with Crippen LogP contribution in [0, 0.1) is 0 Å². The van der Waals surface area contributed by atoms with Crippen LogP contribution in [0.3, 0.4) is 0 Å². The van der Waals surface area contributed by atoms with Crippen molar-refractivity contribution in [2.45, 2.75) is 32.7 Å². The number of carbonyl (C=O) groups excluding carboxylic acids is 2. The van der Waals surface area contributed by atoms with Crippen molar-refractivity contribution in [1.82, 2.24) is 19.9 Å². The number of ether oxygens (including phenoxy) is 1. The Bertz CT molecular complexity index is 727. The standard InChI is InChI=1S/C17H20N4O3/c1-2-24-17(23)10-15-19-13-5-8-21(11-14(13)20-15)16(22)9-12-3-6-18-7-4-12/h3-4,6-7H,2,5,8-11H2,1H3,(H,19,20). The molecule has 0 atom stereocenters. The smallest absolute Gasteiger partial charge is 0.313 e. The molecule has 3 rings (SSSR count). The maximum Gasteiger partial charge on any atom is 0.313 e. The van der Waals surface area contributed by atoms with Crippen molar-refractivity contribution in [3.63, 3.8) is 0 Å². The molecule has 0 spiro atoms. The highest BCUT2D eigenvalue weighted by Crippen LogP contribution is 2.18. The molecule has 2 aromatic rings. The van der Waals surface area contributed by atoms with Gasteiger partial charge in [0.25, 0.3) is 0 Å².